The lowest BCUT2D eigenvalue weighted by Gasteiger charge is -2.24. The summed E-state index contributed by atoms with van der Waals surface area (Å²) in [4.78, 5) is 12.2. The van der Waals surface area contributed by atoms with Gasteiger partial charge in [-0.1, -0.05) is 43.6 Å². The lowest BCUT2D eigenvalue weighted by Crippen LogP contribution is -2.32. The summed E-state index contributed by atoms with van der Waals surface area (Å²) in [6.45, 7) is 6.27. The number of hydrogen-bond acceptors (Lipinski definition) is 3. The molecule has 0 aliphatic heterocycles. The third kappa shape index (κ3) is 6.24. The van der Waals surface area contributed by atoms with Gasteiger partial charge in [0.2, 0.25) is 15.9 Å². The number of rotatable bonds is 8. The van der Waals surface area contributed by atoms with Gasteiger partial charge in [0.05, 0.1) is 11.9 Å². The van der Waals surface area contributed by atoms with Crippen LogP contribution in [-0.4, -0.2) is 27.1 Å². The van der Waals surface area contributed by atoms with Crippen LogP contribution in [0.5, 0.6) is 0 Å². The van der Waals surface area contributed by atoms with E-state index in [1.165, 1.54) is 9.87 Å². The minimum atomic E-state index is -3.48. The average Bonchev–Trinajstić information content (AvgIpc) is 2.60. The zero-order valence-electron chi connectivity index (χ0n) is 16.7. The van der Waals surface area contributed by atoms with E-state index in [1.807, 2.05) is 31.2 Å². The van der Waals surface area contributed by atoms with Crippen LogP contribution in [0, 0.1) is 6.92 Å². The SMILES string of the molecule is Cc1ccc(Cl)cc1N(CCCC(=O)Nc1ccc(C(C)C)cc1)S(C)(=O)=O. The van der Waals surface area contributed by atoms with Crippen LogP contribution in [0.25, 0.3) is 0 Å². The third-order valence-corrected chi connectivity index (χ3v) is 5.88. The molecule has 0 radical (unpaired) electrons. The van der Waals surface area contributed by atoms with Gasteiger partial charge in [-0.15, -0.1) is 0 Å². The van der Waals surface area contributed by atoms with Gasteiger partial charge in [0, 0.05) is 23.7 Å². The standard InChI is InChI=1S/C21H27ClN2O3S/c1-15(2)17-8-11-19(12-9-17)23-21(25)6-5-13-24(28(4,26)27)20-14-18(22)10-7-16(20)3/h7-12,14-15H,5-6,13H2,1-4H3,(H,23,25). The van der Waals surface area contributed by atoms with Crippen molar-refractivity contribution in [3.63, 3.8) is 0 Å². The molecule has 0 spiro atoms. The Morgan fingerprint density at radius 1 is 1.14 bits per heavy atom. The van der Waals surface area contributed by atoms with Crippen molar-refractivity contribution in [2.45, 2.75) is 39.5 Å². The van der Waals surface area contributed by atoms with Crippen LogP contribution >= 0.6 is 11.6 Å². The second kappa shape index (κ2) is 9.43. The maximum absolute atomic E-state index is 12.2. The van der Waals surface area contributed by atoms with Crippen molar-refractivity contribution >= 4 is 38.9 Å². The minimum absolute atomic E-state index is 0.145. The summed E-state index contributed by atoms with van der Waals surface area (Å²) >= 11 is 6.03. The van der Waals surface area contributed by atoms with E-state index in [4.69, 9.17) is 11.6 Å². The zero-order valence-corrected chi connectivity index (χ0v) is 18.3. The molecule has 0 fully saturated rings. The van der Waals surface area contributed by atoms with E-state index in [0.29, 0.717) is 23.0 Å². The van der Waals surface area contributed by atoms with Gasteiger partial charge in [-0.25, -0.2) is 8.42 Å². The highest BCUT2D eigenvalue weighted by atomic mass is 35.5. The fourth-order valence-corrected chi connectivity index (χ4v) is 4.06. The number of carbonyl (C=O) groups excluding carboxylic acids is 1. The molecule has 0 unspecified atom stereocenters. The van der Waals surface area contributed by atoms with Crippen molar-refractivity contribution in [2.75, 3.05) is 22.4 Å². The molecular formula is C21H27ClN2O3S. The topological polar surface area (TPSA) is 66.5 Å². The predicted molar refractivity (Wildman–Crippen MR) is 117 cm³/mol. The van der Waals surface area contributed by atoms with Gasteiger partial charge in [-0.3, -0.25) is 9.10 Å². The summed E-state index contributed by atoms with van der Waals surface area (Å²) in [5, 5.41) is 3.32. The summed E-state index contributed by atoms with van der Waals surface area (Å²) in [5.74, 6) is 0.287. The number of halogens is 1. The van der Waals surface area contributed by atoms with Gasteiger partial charge >= 0.3 is 0 Å². The summed E-state index contributed by atoms with van der Waals surface area (Å²) in [5.41, 5.74) is 3.29. The van der Waals surface area contributed by atoms with Gasteiger partial charge in [0.25, 0.3) is 0 Å². The number of benzene rings is 2. The van der Waals surface area contributed by atoms with Crippen LogP contribution in [0.15, 0.2) is 42.5 Å². The first-order valence-corrected chi connectivity index (χ1v) is 11.4. The number of anilines is 2. The normalized spacial score (nSPS) is 11.5. The number of sulfonamides is 1. The van der Waals surface area contributed by atoms with Crippen LogP contribution in [0.1, 0.15) is 43.7 Å². The van der Waals surface area contributed by atoms with Crippen molar-refractivity contribution in [3.8, 4) is 0 Å². The van der Waals surface area contributed by atoms with Gasteiger partial charge in [0.15, 0.2) is 0 Å². The molecule has 152 valence electrons. The third-order valence-electron chi connectivity index (χ3n) is 4.47. The van der Waals surface area contributed by atoms with Gasteiger partial charge in [0.1, 0.15) is 0 Å². The van der Waals surface area contributed by atoms with Crippen molar-refractivity contribution in [3.05, 3.63) is 58.6 Å². The van der Waals surface area contributed by atoms with Crippen LogP contribution in [0.3, 0.4) is 0 Å². The Hall–Kier alpha value is -2.05. The molecule has 2 aromatic rings. The van der Waals surface area contributed by atoms with Crippen molar-refractivity contribution < 1.29 is 13.2 Å². The maximum Gasteiger partial charge on any atom is 0.232 e. The van der Waals surface area contributed by atoms with Gasteiger partial charge in [-0.05, 0) is 54.7 Å². The predicted octanol–water partition coefficient (Wildman–Crippen LogP) is 4.96. The average molecular weight is 423 g/mol. The molecule has 2 aromatic carbocycles. The Bertz CT molecular complexity index is 925. The highest BCUT2D eigenvalue weighted by molar-refractivity contribution is 7.92. The van der Waals surface area contributed by atoms with E-state index in [1.54, 1.807) is 18.2 Å². The molecule has 0 heterocycles. The molecule has 0 atom stereocenters. The molecule has 0 aliphatic carbocycles. The Morgan fingerprint density at radius 2 is 1.79 bits per heavy atom. The molecule has 1 amide bonds. The molecule has 0 saturated carbocycles. The largest absolute Gasteiger partial charge is 0.326 e. The number of aryl methyl sites for hydroxylation is 1. The second-order valence-corrected chi connectivity index (χ2v) is 9.54. The summed E-state index contributed by atoms with van der Waals surface area (Å²) < 4.78 is 25.8. The summed E-state index contributed by atoms with van der Waals surface area (Å²) in [7, 11) is -3.48. The second-order valence-electron chi connectivity index (χ2n) is 7.19. The molecule has 7 heteroatoms. The van der Waals surface area contributed by atoms with Crippen LogP contribution in [0.4, 0.5) is 11.4 Å². The van der Waals surface area contributed by atoms with Crippen LogP contribution in [-0.2, 0) is 14.8 Å². The molecule has 2 rings (SSSR count). The first-order valence-electron chi connectivity index (χ1n) is 9.21. The molecular weight excluding hydrogens is 396 g/mol. The fourth-order valence-electron chi connectivity index (χ4n) is 2.87. The maximum atomic E-state index is 12.2. The lowest BCUT2D eigenvalue weighted by atomic mass is 10.0. The highest BCUT2D eigenvalue weighted by Gasteiger charge is 2.19. The molecule has 0 aliphatic rings. The smallest absolute Gasteiger partial charge is 0.232 e. The Labute approximate surface area is 172 Å². The number of carbonyl (C=O) groups is 1. The van der Waals surface area contributed by atoms with Crippen molar-refractivity contribution in [2.24, 2.45) is 0 Å². The van der Waals surface area contributed by atoms with E-state index in [2.05, 4.69) is 19.2 Å². The number of nitrogens with one attached hydrogen (secondary N) is 1. The monoisotopic (exact) mass is 422 g/mol. The highest BCUT2D eigenvalue weighted by Crippen LogP contribution is 2.26. The van der Waals surface area contributed by atoms with Crippen LogP contribution < -0.4 is 9.62 Å². The van der Waals surface area contributed by atoms with Gasteiger partial charge < -0.3 is 5.32 Å². The first-order chi connectivity index (χ1) is 13.1. The fraction of sp³-hybridized carbons (Fsp3) is 0.381. The molecule has 0 saturated heterocycles. The number of hydrogen-bond donors (Lipinski definition) is 1. The molecule has 1 N–H and O–H groups in total. The molecule has 0 bridgehead atoms. The molecule has 0 aromatic heterocycles. The summed E-state index contributed by atoms with van der Waals surface area (Å²) in [6.07, 6.45) is 1.77. The van der Waals surface area contributed by atoms with Crippen LogP contribution in [0.2, 0.25) is 5.02 Å². The van der Waals surface area contributed by atoms with Gasteiger partial charge in [-0.2, -0.15) is 0 Å². The Morgan fingerprint density at radius 3 is 2.36 bits per heavy atom. The molecule has 5 nitrogen and oxygen atoms in total. The van der Waals surface area contributed by atoms with E-state index in [-0.39, 0.29) is 18.9 Å². The zero-order chi connectivity index (χ0) is 20.9. The lowest BCUT2D eigenvalue weighted by molar-refractivity contribution is -0.116. The first kappa shape index (κ1) is 22.2. The van der Waals surface area contributed by atoms with E-state index in [0.717, 1.165) is 17.5 Å². The van der Waals surface area contributed by atoms with E-state index in [9.17, 15) is 13.2 Å². The van der Waals surface area contributed by atoms with Crippen molar-refractivity contribution in [1.82, 2.24) is 0 Å². The Balaban J connectivity index is 1.98. The summed E-state index contributed by atoms with van der Waals surface area (Å²) in [6, 6.07) is 12.9. The minimum Gasteiger partial charge on any atom is -0.326 e. The van der Waals surface area contributed by atoms with E-state index >= 15 is 0 Å². The number of amides is 1. The quantitative estimate of drug-likeness (QED) is 0.653. The molecule has 28 heavy (non-hydrogen) atoms. The van der Waals surface area contributed by atoms with Crippen molar-refractivity contribution in [1.29, 1.82) is 0 Å². The Kier molecular flexibility index (Phi) is 7.49. The van der Waals surface area contributed by atoms with E-state index < -0.39 is 10.0 Å². The number of nitrogens with zero attached hydrogens (tertiary/aromatic N) is 1.